The summed E-state index contributed by atoms with van der Waals surface area (Å²) in [6.45, 7) is 5.30. The lowest BCUT2D eigenvalue weighted by Crippen LogP contribution is -2.40. The lowest BCUT2D eigenvalue weighted by Gasteiger charge is -2.22. The Balaban J connectivity index is 1.38. The highest BCUT2D eigenvalue weighted by Gasteiger charge is 2.54. The maximum Gasteiger partial charge on any atom is 0.338 e. The SMILES string of the molecule is Cc1ccc(C(=O)OC[C@@H]2O[C@@H]3[C@H](Oc4c(C)c(=O)ncn43)[C@H]2OC(=O)c2ccc(C)cc2)cc1. The third-order valence-electron chi connectivity index (χ3n) is 6.18. The molecule has 2 aromatic carbocycles. The van der Waals surface area contributed by atoms with E-state index in [1.165, 1.54) is 6.33 Å². The Kier molecular flexibility index (Phi) is 5.86. The van der Waals surface area contributed by atoms with Gasteiger partial charge in [-0.3, -0.25) is 9.36 Å². The fraction of sp³-hybridized carbons (Fsp3) is 0.308. The summed E-state index contributed by atoms with van der Waals surface area (Å²) in [6.07, 6.45) is -1.78. The summed E-state index contributed by atoms with van der Waals surface area (Å²) in [5, 5.41) is 0. The van der Waals surface area contributed by atoms with Crippen LogP contribution in [0.15, 0.2) is 59.7 Å². The number of aromatic nitrogens is 2. The molecule has 2 aliphatic heterocycles. The number of ether oxygens (including phenoxy) is 4. The molecular weight excluding hydrogens is 452 g/mol. The minimum Gasteiger partial charge on any atom is -0.466 e. The first kappa shape index (κ1) is 22.8. The van der Waals surface area contributed by atoms with Gasteiger partial charge in [-0.1, -0.05) is 35.4 Å². The van der Waals surface area contributed by atoms with Crippen LogP contribution >= 0.6 is 0 Å². The van der Waals surface area contributed by atoms with Gasteiger partial charge in [-0.05, 0) is 45.0 Å². The van der Waals surface area contributed by atoms with E-state index in [1.807, 2.05) is 38.1 Å². The second kappa shape index (κ2) is 8.99. The van der Waals surface area contributed by atoms with Crippen LogP contribution in [0.1, 0.15) is 43.6 Å². The van der Waals surface area contributed by atoms with Gasteiger partial charge in [-0.2, -0.15) is 4.98 Å². The van der Waals surface area contributed by atoms with Gasteiger partial charge in [0.2, 0.25) is 5.88 Å². The molecule has 1 fully saturated rings. The number of fused-ring (bicyclic) bond motifs is 3. The third-order valence-corrected chi connectivity index (χ3v) is 6.18. The van der Waals surface area contributed by atoms with Crippen LogP contribution in [0.3, 0.4) is 0 Å². The lowest BCUT2D eigenvalue weighted by molar-refractivity contribution is -0.0574. The van der Waals surface area contributed by atoms with E-state index in [0.29, 0.717) is 22.6 Å². The predicted molar refractivity (Wildman–Crippen MR) is 123 cm³/mol. The van der Waals surface area contributed by atoms with Crippen molar-refractivity contribution >= 4 is 11.9 Å². The lowest BCUT2D eigenvalue weighted by atomic mass is 10.1. The van der Waals surface area contributed by atoms with Crippen LogP contribution in [-0.2, 0) is 14.2 Å². The highest BCUT2D eigenvalue weighted by molar-refractivity contribution is 5.90. The largest absolute Gasteiger partial charge is 0.466 e. The second-order valence-corrected chi connectivity index (χ2v) is 8.74. The second-order valence-electron chi connectivity index (χ2n) is 8.74. The van der Waals surface area contributed by atoms with Crippen LogP contribution in [0.25, 0.3) is 0 Å². The van der Waals surface area contributed by atoms with Crippen LogP contribution in [0.2, 0.25) is 0 Å². The molecule has 35 heavy (non-hydrogen) atoms. The van der Waals surface area contributed by atoms with E-state index in [4.69, 9.17) is 18.9 Å². The maximum atomic E-state index is 12.9. The van der Waals surface area contributed by atoms with Gasteiger partial charge in [0, 0.05) is 0 Å². The summed E-state index contributed by atoms with van der Waals surface area (Å²) in [5.41, 5.74) is 2.73. The third kappa shape index (κ3) is 4.30. The van der Waals surface area contributed by atoms with E-state index in [2.05, 4.69) is 4.98 Å². The van der Waals surface area contributed by atoms with Crippen LogP contribution < -0.4 is 10.3 Å². The molecule has 2 aliphatic rings. The van der Waals surface area contributed by atoms with E-state index in [0.717, 1.165) is 11.1 Å². The topological polar surface area (TPSA) is 106 Å². The van der Waals surface area contributed by atoms with Gasteiger partial charge in [-0.15, -0.1) is 0 Å². The number of hydrogen-bond acceptors (Lipinski definition) is 8. The maximum absolute atomic E-state index is 12.9. The molecule has 3 aromatic rings. The number of rotatable bonds is 5. The Labute approximate surface area is 201 Å². The normalized spacial score (nSPS) is 22.1. The molecular formula is C26H24N2O7. The molecule has 0 bridgehead atoms. The fourth-order valence-corrected chi connectivity index (χ4v) is 4.15. The minimum atomic E-state index is -0.894. The zero-order valence-electron chi connectivity index (χ0n) is 19.5. The van der Waals surface area contributed by atoms with Crippen LogP contribution in [0.5, 0.6) is 5.88 Å². The van der Waals surface area contributed by atoms with Crippen LogP contribution in [-0.4, -0.2) is 46.4 Å². The number of esters is 2. The van der Waals surface area contributed by atoms with Crippen molar-refractivity contribution in [2.24, 2.45) is 0 Å². The predicted octanol–water partition coefficient (Wildman–Crippen LogP) is 2.91. The van der Waals surface area contributed by atoms with Gasteiger partial charge in [0.1, 0.15) is 19.0 Å². The van der Waals surface area contributed by atoms with E-state index < -0.39 is 42.0 Å². The molecule has 0 unspecified atom stereocenters. The summed E-state index contributed by atoms with van der Waals surface area (Å²) in [5.74, 6) is -0.763. The van der Waals surface area contributed by atoms with Crippen molar-refractivity contribution < 1.29 is 28.5 Å². The fourth-order valence-electron chi connectivity index (χ4n) is 4.15. The average molecular weight is 476 g/mol. The molecule has 9 nitrogen and oxygen atoms in total. The first-order valence-electron chi connectivity index (χ1n) is 11.2. The van der Waals surface area contributed by atoms with Gasteiger partial charge in [0.25, 0.3) is 5.56 Å². The quantitative estimate of drug-likeness (QED) is 0.518. The summed E-state index contributed by atoms with van der Waals surface area (Å²) in [6, 6.07) is 14.0. The van der Waals surface area contributed by atoms with Crippen molar-refractivity contribution in [3.8, 4) is 5.88 Å². The van der Waals surface area contributed by atoms with Crippen molar-refractivity contribution in [3.63, 3.8) is 0 Å². The van der Waals surface area contributed by atoms with Gasteiger partial charge in [-0.25, -0.2) is 9.59 Å². The van der Waals surface area contributed by atoms with Crippen molar-refractivity contribution in [2.45, 2.75) is 45.3 Å². The van der Waals surface area contributed by atoms with Crippen LogP contribution in [0.4, 0.5) is 0 Å². The molecule has 0 radical (unpaired) electrons. The van der Waals surface area contributed by atoms with Gasteiger partial charge >= 0.3 is 11.9 Å². The molecule has 5 rings (SSSR count). The summed E-state index contributed by atoms with van der Waals surface area (Å²) >= 11 is 0. The molecule has 4 atom stereocenters. The Morgan fingerprint density at radius 2 is 1.54 bits per heavy atom. The summed E-state index contributed by atoms with van der Waals surface area (Å²) < 4.78 is 25.1. The molecule has 0 spiro atoms. The molecule has 0 aliphatic carbocycles. The Hall–Kier alpha value is -3.98. The first-order chi connectivity index (χ1) is 16.8. The number of carbonyl (C=O) groups is 2. The summed E-state index contributed by atoms with van der Waals surface area (Å²) in [4.78, 5) is 41.3. The Morgan fingerprint density at radius 3 is 2.17 bits per heavy atom. The number of benzene rings is 2. The van der Waals surface area contributed by atoms with Crippen molar-refractivity contribution in [1.82, 2.24) is 9.55 Å². The highest BCUT2D eigenvalue weighted by atomic mass is 16.7. The Bertz CT molecular complexity index is 1330. The molecule has 1 saturated heterocycles. The smallest absolute Gasteiger partial charge is 0.338 e. The Morgan fingerprint density at radius 1 is 0.943 bits per heavy atom. The molecule has 0 N–H and O–H groups in total. The first-order valence-corrected chi connectivity index (χ1v) is 11.2. The van der Waals surface area contributed by atoms with Crippen LogP contribution in [0, 0.1) is 20.8 Å². The van der Waals surface area contributed by atoms with Crippen molar-refractivity contribution in [3.05, 3.63) is 93.0 Å². The zero-order chi connectivity index (χ0) is 24.7. The molecule has 3 heterocycles. The molecule has 180 valence electrons. The molecule has 9 heteroatoms. The van der Waals surface area contributed by atoms with E-state index in [-0.39, 0.29) is 6.61 Å². The van der Waals surface area contributed by atoms with Gasteiger partial charge < -0.3 is 18.9 Å². The number of aryl methyl sites for hydroxylation is 2. The standard InChI is InChI=1S/C26H24N2O7/c1-14-4-8-17(9-5-14)25(30)32-12-19-20(35-26(31)18-10-6-15(2)7-11-18)21-24(33-19)28-13-27-22(29)16(3)23(28)34-21/h4-11,13,19-21,24H,12H2,1-3H3/t19-,20-,21+,24+/m0/s1. The van der Waals surface area contributed by atoms with E-state index in [9.17, 15) is 14.4 Å². The minimum absolute atomic E-state index is 0.156. The number of nitrogens with zero attached hydrogens (tertiary/aromatic N) is 2. The average Bonchev–Trinajstić information content (AvgIpc) is 3.37. The van der Waals surface area contributed by atoms with Crippen molar-refractivity contribution in [1.29, 1.82) is 0 Å². The van der Waals surface area contributed by atoms with Gasteiger partial charge in [0.05, 0.1) is 16.7 Å². The molecule has 0 amide bonds. The summed E-state index contributed by atoms with van der Waals surface area (Å²) in [7, 11) is 0. The zero-order valence-corrected chi connectivity index (χ0v) is 19.5. The van der Waals surface area contributed by atoms with Crippen molar-refractivity contribution in [2.75, 3.05) is 6.61 Å². The monoisotopic (exact) mass is 476 g/mol. The van der Waals surface area contributed by atoms with E-state index >= 15 is 0 Å². The van der Waals surface area contributed by atoms with E-state index in [1.54, 1.807) is 35.8 Å². The molecule has 1 aromatic heterocycles. The number of carbonyl (C=O) groups excluding carboxylic acids is 2. The van der Waals surface area contributed by atoms with Gasteiger partial charge in [0.15, 0.2) is 18.4 Å². The number of hydrogen-bond donors (Lipinski definition) is 0. The molecule has 0 saturated carbocycles. The highest BCUT2D eigenvalue weighted by Crippen LogP contribution is 2.42.